The van der Waals surface area contributed by atoms with E-state index in [4.69, 9.17) is 0 Å². The Morgan fingerprint density at radius 1 is 1.17 bits per heavy atom. The van der Waals surface area contributed by atoms with Crippen LogP contribution in [0.15, 0.2) is 24.4 Å². The first-order chi connectivity index (χ1) is 16.9. The maximum Gasteiger partial charge on any atom is 0.280 e. The lowest BCUT2D eigenvalue weighted by molar-refractivity contribution is -0.136. The van der Waals surface area contributed by atoms with E-state index in [0.717, 1.165) is 35.5 Å². The van der Waals surface area contributed by atoms with Crippen LogP contribution < -0.4 is 10.2 Å². The highest BCUT2D eigenvalue weighted by atomic mass is 16.2. The molecule has 0 bridgehead atoms. The summed E-state index contributed by atoms with van der Waals surface area (Å²) in [5, 5.41) is 17.8. The van der Waals surface area contributed by atoms with Gasteiger partial charge in [0.25, 0.3) is 11.8 Å². The Kier molecular flexibility index (Phi) is 4.76. The fraction of sp³-hybridized carbons (Fsp3) is 0.348. The number of carbonyl (C=O) groups is 4. The number of benzene rings is 1. The van der Waals surface area contributed by atoms with E-state index in [2.05, 4.69) is 25.8 Å². The Morgan fingerprint density at radius 2 is 2.03 bits per heavy atom. The Balaban J connectivity index is 1.24. The molecule has 178 valence electrons. The molecule has 12 nitrogen and oxygen atoms in total. The highest BCUT2D eigenvalue weighted by Crippen LogP contribution is 2.31. The number of hydrogen-bond donors (Lipinski definition) is 2. The minimum absolute atomic E-state index is 0.203. The summed E-state index contributed by atoms with van der Waals surface area (Å²) in [7, 11) is 0. The summed E-state index contributed by atoms with van der Waals surface area (Å²) >= 11 is 0. The maximum absolute atomic E-state index is 13.2. The van der Waals surface area contributed by atoms with Gasteiger partial charge < -0.3 is 9.80 Å². The van der Waals surface area contributed by atoms with E-state index >= 15 is 0 Å². The number of imide groups is 1. The van der Waals surface area contributed by atoms with Gasteiger partial charge in [-0.3, -0.25) is 29.6 Å². The molecule has 6 rings (SSSR count). The first-order valence-electron chi connectivity index (χ1n) is 11.5. The van der Waals surface area contributed by atoms with Crippen LogP contribution >= 0.6 is 0 Å². The van der Waals surface area contributed by atoms with Crippen LogP contribution in [0.3, 0.4) is 0 Å². The molecule has 3 aliphatic rings. The molecule has 0 saturated carbocycles. The number of nitrogens with one attached hydrogen (secondary N) is 2. The Labute approximate surface area is 199 Å². The number of rotatable bonds is 3. The zero-order valence-corrected chi connectivity index (χ0v) is 18.9. The van der Waals surface area contributed by atoms with Gasteiger partial charge in [-0.15, -0.1) is 5.10 Å². The second kappa shape index (κ2) is 7.86. The van der Waals surface area contributed by atoms with Crippen molar-refractivity contribution < 1.29 is 19.2 Å². The van der Waals surface area contributed by atoms with Crippen molar-refractivity contribution in [3.8, 4) is 5.69 Å². The maximum atomic E-state index is 13.2. The molecule has 12 heteroatoms. The molecule has 35 heavy (non-hydrogen) atoms. The van der Waals surface area contributed by atoms with Gasteiger partial charge in [0.05, 0.1) is 29.0 Å². The van der Waals surface area contributed by atoms with Crippen molar-refractivity contribution in [1.82, 2.24) is 35.4 Å². The highest BCUT2D eigenvalue weighted by molar-refractivity contribution is 6.06. The van der Waals surface area contributed by atoms with Gasteiger partial charge in [0.1, 0.15) is 6.04 Å². The van der Waals surface area contributed by atoms with Crippen LogP contribution in [-0.2, 0) is 22.6 Å². The van der Waals surface area contributed by atoms with Crippen LogP contribution in [0.25, 0.3) is 5.69 Å². The molecule has 5 heterocycles. The van der Waals surface area contributed by atoms with Crippen molar-refractivity contribution in [3.05, 3.63) is 52.6 Å². The third-order valence-electron chi connectivity index (χ3n) is 6.78. The van der Waals surface area contributed by atoms with Crippen LogP contribution in [0.4, 0.5) is 5.69 Å². The largest absolute Gasteiger partial charge is 0.322 e. The Hall–Kier alpha value is -4.35. The molecule has 3 aromatic rings. The first-order valence-corrected chi connectivity index (χ1v) is 11.5. The van der Waals surface area contributed by atoms with E-state index in [1.165, 1.54) is 9.58 Å². The number of aryl methyl sites for hydroxylation is 2. The number of fused-ring (bicyclic) bond motifs is 2. The van der Waals surface area contributed by atoms with E-state index in [0.29, 0.717) is 24.2 Å². The zero-order chi connectivity index (χ0) is 24.3. The van der Waals surface area contributed by atoms with Crippen LogP contribution in [-0.4, -0.2) is 66.3 Å². The van der Waals surface area contributed by atoms with Crippen molar-refractivity contribution in [2.75, 3.05) is 11.4 Å². The molecule has 1 unspecified atom stereocenters. The number of amides is 4. The van der Waals surface area contributed by atoms with Crippen LogP contribution in [0.2, 0.25) is 0 Å². The number of anilines is 1. The molecule has 4 amide bonds. The quantitative estimate of drug-likeness (QED) is 0.530. The lowest BCUT2D eigenvalue weighted by atomic mass is 10.0. The van der Waals surface area contributed by atoms with Gasteiger partial charge in [0.2, 0.25) is 11.8 Å². The Morgan fingerprint density at radius 3 is 2.86 bits per heavy atom. The predicted molar refractivity (Wildman–Crippen MR) is 121 cm³/mol. The number of aromatic amines is 1. The summed E-state index contributed by atoms with van der Waals surface area (Å²) in [5.41, 5.74) is 4.62. The van der Waals surface area contributed by atoms with E-state index in [-0.39, 0.29) is 36.4 Å². The predicted octanol–water partition coefficient (Wildman–Crippen LogP) is 0.653. The standard InChI is InChI=1S/C23H22N8O4/c1-12-20-16(26-25-12)3-2-8-29(20)23(35)17-11-31(28-27-17)14-4-5-15-13(9-14)10-30(22(15)34)18-6-7-19(32)24-21(18)33/h4-5,9,11,18H,2-3,6-8,10H2,1H3,(H,25,26)(H,24,32,33). The normalized spacial score (nSPS) is 19.6. The molecule has 0 spiro atoms. The number of nitrogens with zero attached hydrogens (tertiary/aromatic N) is 6. The summed E-state index contributed by atoms with van der Waals surface area (Å²) in [6.45, 7) is 2.72. The van der Waals surface area contributed by atoms with Crippen molar-refractivity contribution in [3.63, 3.8) is 0 Å². The van der Waals surface area contributed by atoms with Crippen molar-refractivity contribution in [2.24, 2.45) is 0 Å². The summed E-state index contributed by atoms with van der Waals surface area (Å²) in [5.74, 6) is -1.26. The van der Waals surface area contributed by atoms with Gasteiger partial charge in [0.15, 0.2) is 5.69 Å². The van der Waals surface area contributed by atoms with E-state index in [1.54, 1.807) is 29.3 Å². The van der Waals surface area contributed by atoms with Crippen molar-refractivity contribution in [2.45, 2.75) is 45.2 Å². The molecule has 3 aliphatic heterocycles. The van der Waals surface area contributed by atoms with E-state index in [1.807, 2.05) is 6.92 Å². The molecule has 2 N–H and O–H groups in total. The lowest BCUT2D eigenvalue weighted by Crippen LogP contribution is -2.52. The fourth-order valence-corrected chi connectivity index (χ4v) is 5.06. The monoisotopic (exact) mass is 474 g/mol. The molecule has 2 aromatic heterocycles. The average molecular weight is 474 g/mol. The molecule has 1 saturated heterocycles. The van der Waals surface area contributed by atoms with Crippen LogP contribution in [0.5, 0.6) is 0 Å². The molecule has 1 aromatic carbocycles. The third-order valence-corrected chi connectivity index (χ3v) is 6.78. The van der Waals surface area contributed by atoms with Crippen LogP contribution in [0, 0.1) is 6.92 Å². The first kappa shape index (κ1) is 21.2. The van der Waals surface area contributed by atoms with E-state index < -0.39 is 11.9 Å². The minimum Gasteiger partial charge on any atom is -0.322 e. The average Bonchev–Trinajstić information content (AvgIpc) is 3.57. The van der Waals surface area contributed by atoms with Gasteiger partial charge in [-0.1, -0.05) is 5.21 Å². The van der Waals surface area contributed by atoms with E-state index in [9.17, 15) is 19.2 Å². The summed E-state index contributed by atoms with van der Waals surface area (Å²) in [4.78, 5) is 53.0. The molecule has 0 radical (unpaired) electrons. The highest BCUT2D eigenvalue weighted by Gasteiger charge is 2.39. The van der Waals surface area contributed by atoms with Gasteiger partial charge in [-0.2, -0.15) is 5.10 Å². The molecule has 1 atom stereocenters. The number of carbonyl (C=O) groups excluding carboxylic acids is 4. The van der Waals surface area contributed by atoms with Gasteiger partial charge in [0, 0.05) is 25.1 Å². The van der Waals surface area contributed by atoms with Crippen molar-refractivity contribution in [1.29, 1.82) is 0 Å². The smallest absolute Gasteiger partial charge is 0.280 e. The van der Waals surface area contributed by atoms with Crippen LogP contribution in [0.1, 0.15) is 57.1 Å². The number of H-pyrrole nitrogens is 1. The second-order valence-corrected chi connectivity index (χ2v) is 8.99. The Bertz CT molecular complexity index is 1410. The number of hydrogen-bond acceptors (Lipinski definition) is 7. The third kappa shape index (κ3) is 3.40. The van der Waals surface area contributed by atoms with Gasteiger partial charge in [-0.25, -0.2) is 4.68 Å². The zero-order valence-electron chi connectivity index (χ0n) is 18.9. The second-order valence-electron chi connectivity index (χ2n) is 8.99. The summed E-state index contributed by atoms with van der Waals surface area (Å²) in [6.07, 6.45) is 3.72. The summed E-state index contributed by atoms with van der Waals surface area (Å²) < 4.78 is 1.50. The van der Waals surface area contributed by atoms with Gasteiger partial charge >= 0.3 is 0 Å². The lowest BCUT2D eigenvalue weighted by Gasteiger charge is -2.29. The summed E-state index contributed by atoms with van der Waals surface area (Å²) in [6, 6.07) is 4.55. The number of piperidine rings is 1. The molecule has 0 aliphatic carbocycles. The molecule has 1 fully saturated rings. The minimum atomic E-state index is -0.674. The SMILES string of the molecule is Cc1[nH]nc2c1N(C(=O)c1cn(-c3ccc4c(c3)CN(C3CCC(=O)NC3=O)C4=O)nn1)CCC2. The van der Waals surface area contributed by atoms with Crippen molar-refractivity contribution >= 4 is 29.3 Å². The topological polar surface area (TPSA) is 146 Å². The van der Waals surface area contributed by atoms with Gasteiger partial charge in [-0.05, 0) is 49.9 Å². The molecular weight excluding hydrogens is 452 g/mol. The number of aromatic nitrogens is 5. The fourth-order valence-electron chi connectivity index (χ4n) is 5.06. The molecular formula is C23H22N8O4.